The molecule has 1 aliphatic rings. The van der Waals surface area contributed by atoms with E-state index in [1.165, 1.54) is 9.21 Å². The lowest BCUT2D eigenvalue weighted by Gasteiger charge is -2.35. The van der Waals surface area contributed by atoms with Crippen LogP contribution in [0.2, 0.25) is 0 Å². The van der Waals surface area contributed by atoms with Crippen LogP contribution in [0.1, 0.15) is 5.56 Å². The first-order valence-corrected chi connectivity index (χ1v) is 11.5. The van der Waals surface area contributed by atoms with Crippen LogP contribution in [0, 0.1) is 6.92 Å². The summed E-state index contributed by atoms with van der Waals surface area (Å²) in [5.41, 5.74) is 2.58. The predicted octanol–water partition coefficient (Wildman–Crippen LogP) is 3.77. The number of aryl methyl sites for hydroxylation is 1. The minimum atomic E-state index is -3.71. The number of carboxylic acid groups (broad SMARTS) is 1. The van der Waals surface area contributed by atoms with Crippen molar-refractivity contribution in [1.82, 2.24) is 4.90 Å². The Labute approximate surface area is 182 Å². The van der Waals surface area contributed by atoms with Crippen LogP contribution in [0.3, 0.4) is 0 Å². The summed E-state index contributed by atoms with van der Waals surface area (Å²) in [6, 6.07) is 18.3. The Morgan fingerprint density at radius 1 is 0.903 bits per heavy atom. The first-order valence-electron chi connectivity index (χ1n) is 10.1. The number of benzene rings is 3. The molecule has 1 N–H and O–H groups in total. The van der Waals surface area contributed by atoms with E-state index in [4.69, 9.17) is 0 Å². The van der Waals surface area contributed by atoms with Gasteiger partial charge in [0, 0.05) is 49.7 Å². The van der Waals surface area contributed by atoms with E-state index in [1.807, 2.05) is 43.3 Å². The van der Waals surface area contributed by atoms with Crippen molar-refractivity contribution in [3.05, 3.63) is 66.2 Å². The SMILES string of the molecule is Cc1ccc(S(=O)(=O)N(C)c2ccc(N3CCN(C(=O)O)CC3)c3ccccc23)cc1. The van der Waals surface area contributed by atoms with Gasteiger partial charge in [0.2, 0.25) is 0 Å². The Hall–Kier alpha value is -3.26. The van der Waals surface area contributed by atoms with Crippen LogP contribution < -0.4 is 9.21 Å². The highest BCUT2D eigenvalue weighted by atomic mass is 32.2. The van der Waals surface area contributed by atoms with E-state index in [2.05, 4.69) is 4.90 Å². The van der Waals surface area contributed by atoms with E-state index in [1.54, 1.807) is 31.3 Å². The molecule has 0 aliphatic carbocycles. The zero-order valence-corrected chi connectivity index (χ0v) is 18.3. The van der Waals surface area contributed by atoms with Gasteiger partial charge in [-0.15, -0.1) is 0 Å². The maximum absolute atomic E-state index is 13.2. The summed E-state index contributed by atoms with van der Waals surface area (Å²) >= 11 is 0. The first-order chi connectivity index (χ1) is 14.8. The second kappa shape index (κ2) is 8.11. The van der Waals surface area contributed by atoms with Crippen molar-refractivity contribution in [2.75, 3.05) is 42.4 Å². The number of nitrogens with zero attached hydrogens (tertiary/aromatic N) is 3. The molecule has 1 fully saturated rings. The summed E-state index contributed by atoms with van der Waals surface area (Å²) < 4.78 is 27.8. The largest absolute Gasteiger partial charge is 0.465 e. The summed E-state index contributed by atoms with van der Waals surface area (Å²) in [6.45, 7) is 3.98. The summed E-state index contributed by atoms with van der Waals surface area (Å²) in [4.78, 5) is 15.0. The molecule has 0 spiro atoms. The van der Waals surface area contributed by atoms with E-state index < -0.39 is 16.1 Å². The average molecular weight is 440 g/mol. The van der Waals surface area contributed by atoms with Gasteiger partial charge >= 0.3 is 6.09 Å². The Bertz CT molecular complexity index is 1220. The third kappa shape index (κ3) is 3.90. The molecule has 7 nitrogen and oxygen atoms in total. The highest BCUT2D eigenvalue weighted by molar-refractivity contribution is 7.92. The maximum Gasteiger partial charge on any atom is 0.407 e. The molecule has 162 valence electrons. The minimum absolute atomic E-state index is 0.249. The number of hydrogen-bond acceptors (Lipinski definition) is 4. The Balaban J connectivity index is 1.72. The number of carbonyl (C=O) groups is 1. The zero-order valence-electron chi connectivity index (χ0n) is 17.5. The van der Waals surface area contributed by atoms with E-state index >= 15 is 0 Å². The Morgan fingerprint density at radius 2 is 1.52 bits per heavy atom. The fourth-order valence-corrected chi connectivity index (χ4v) is 5.17. The molecular formula is C23H25N3O4S. The second-order valence-corrected chi connectivity index (χ2v) is 9.66. The fourth-order valence-electron chi connectivity index (χ4n) is 3.95. The van der Waals surface area contributed by atoms with Crippen molar-refractivity contribution in [2.45, 2.75) is 11.8 Å². The van der Waals surface area contributed by atoms with Crippen molar-refractivity contribution in [2.24, 2.45) is 0 Å². The minimum Gasteiger partial charge on any atom is -0.465 e. The monoisotopic (exact) mass is 439 g/mol. The van der Waals surface area contributed by atoms with Crippen LogP contribution >= 0.6 is 0 Å². The van der Waals surface area contributed by atoms with Gasteiger partial charge in [-0.1, -0.05) is 42.0 Å². The van der Waals surface area contributed by atoms with Crippen LogP contribution in [0.15, 0.2) is 65.6 Å². The molecular weight excluding hydrogens is 414 g/mol. The topological polar surface area (TPSA) is 81.2 Å². The van der Waals surface area contributed by atoms with Gasteiger partial charge < -0.3 is 14.9 Å². The van der Waals surface area contributed by atoms with Crippen molar-refractivity contribution in [3.63, 3.8) is 0 Å². The molecule has 0 saturated carbocycles. The maximum atomic E-state index is 13.2. The first kappa shape index (κ1) is 21.0. The van der Waals surface area contributed by atoms with Crippen molar-refractivity contribution < 1.29 is 18.3 Å². The van der Waals surface area contributed by atoms with E-state index in [-0.39, 0.29) is 4.90 Å². The van der Waals surface area contributed by atoms with Crippen molar-refractivity contribution in [3.8, 4) is 0 Å². The highest BCUT2D eigenvalue weighted by Crippen LogP contribution is 2.36. The number of fused-ring (bicyclic) bond motifs is 1. The van der Waals surface area contributed by atoms with Gasteiger partial charge in [0.05, 0.1) is 10.6 Å². The average Bonchev–Trinajstić information content (AvgIpc) is 2.78. The third-order valence-electron chi connectivity index (χ3n) is 5.79. The predicted molar refractivity (Wildman–Crippen MR) is 123 cm³/mol. The summed E-state index contributed by atoms with van der Waals surface area (Å²) in [7, 11) is -2.14. The molecule has 1 amide bonds. The fraction of sp³-hybridized carbons (Fsp3) is 0.261. The van der Waals surface area contributed by atoms with E-state index in [0.717, 1.165) is 22.0 Å². The number of sulfonamides is 1. The lowest BCUT2D eigenvalue weighted by atomic mass is 10.1. The molecule has 3 aromatic carbocycles. The van der Waals surface area contributed by atoms with Gasteiger partial charge in [-0.05, 0) is 31.2 Å². The van der Waals surface area contributed by atoms with E-state index in [9.17, 15) is 18.3 Å². The highest BCUT2D eigenvalue weighted by Gasteiger charge is 2.25. The molecule has 1 saturated heterocycles. The lowest BCUT2D eigenvalue weighted by Crippen LogP contribution is -2.48. The molecule has 0 atom stereocenters. The second-order valence-electron chi connectivity index (χ2n) is 7.69. The molecule has 0 unspecified atom stereocenters. The molecule has 31 heavy (non-hydrogen) atoms. The number of anilines is 2. The van der Waals surface area contributed by atoms with Crippen molar-refractivity contribution >= 4 is 38.3 Å². The smallest absolute Gasteiger partial charge is 0.407 e. The normalized spacial score (nSPS) is 14.6. The lowest BCUT2D eigenvalue weighted by molar-refractivity contribution is 0.142. The van der Waals surface area contributed by atoms with Crippen LogP contribution in [0.25, 0.3) is 10.8 Å². The number of rotatable bonds is 4. The van der Waals surface area contributed by atoms with Crippen molar-refractivity contribution in [1.29, 1.82) is 0 Å². The molecule has 3 aromatic rings. The number of piperazine rings is 1. The number of amides is 1. The van der Waals surface area contributed by atoms with Gasteiger partial charge in [0.15, 0.2) is 0 Å². The van der Waals surface area contributed by atoms with Crippen LogP contribution in [-0.4, -0.2) is 57.7 Å². The van der Waals surface area contributed by atoms with Gasteiger partial charge in [-0.2, -0.15) is 0 Å². The van der Waals surface area contributed by atoms with Crippen LogP contribution in [-0.2, 0) is 10.0 Å². The van der Waals surface area contributed by atoms with Gasteiger partial charge in [0.25, 0.3) is 10.0 Å². The molecule has 8 heteroatoms. The molecule has 0 bridgehead atoms. The van der Waals surface area contributed by atoms with Crippen LogP contribution in [0.5, 0.6) is 0 Å². The standard InChI is InChI=1S/C23H25N3O4S/c1-17-7-9-18(10-8-17)31(29,30)24(2)21-11-12-22(20-6-4-3-5-19(20)21)25-13-15-26(16-14-25)23(27)28/h3-12H,13-16H2,1-2H3,(H,27,28). The zero-order chi connectivity index (χ0) is 22.2. The quantitative estimate of drug-likeness (QED) is 0.669. The molecule has 1 aliphatic heterocycles. The van der Waals surface area contributed by atoms with Gasteiger partial charge in [0.1, 0.15) is 0 Å². The summed E-state index contributed by atoms with van der Waals surface area (Å²) in [5.74, 6) is 0. The molecule has 4 rings (SSSR count). The summed E-state index contributed by atoms with van der Waals surface area (Å²) in [6.07, 6.45) is -0.900. The molecule has 0 aromatic heterocycles. The third-order valence-corrected chi connectivity index (χ3v) is 7.57. The number of hydrogen-bond donors (Lipinski definition) is 1. The van der Waals surface area contributed by atoms with Gasteiger partial charge in [-0.25, -0.2) is 13.2 Å². The van der Waals surface area contributed by atoms with Gasteiger partial charge in [-0.3, -0.25) is 4.31 Å². The molecule has 1 heterocycles. The van der Waals surface area contributed by atoms with E-state index in [0.29, 0.717) is 31.9 Å². The Morgan fingerprint density at radius 3 is 2.13 bits per heavy atom. The Kier molecular flexibility index (Phi) is 5.49. The summed E-state index contributed by atoms with van der Waals surface area (Å²) in [5, 5.41) is 11.0. The molecule has 0 radical (unpaired) electrons. The van der Waals surface area contributed by atoms with Crippen LogP contribution in [0.4, 0.5) is 16.2 Å².